The van der Waals surface area contributed by atoms with E-state index in [4.69, 9.17) is 16.3 Å². The van der Waals surface area contributed by atoms with Crippen LogP contribution in [-0.2, 0) is 0 Å². The second kappa shape index (κ2) is 5.15. The monoisotopic (exact) mass is 248 g/mol. The van der Waals surface area contributed by atoms with Crippen LogP contribution in [0.15, 0.2) is 36.8 Å². The summed E-state index contributed by atoms with van der Waals surface area (Å²) in [5.41, 5.74) is 1.80. The molecule has 88 valence electrons. The summed E-state index contributed by atoms with van der Waals surface area (Å²) in [7, 11) is 0. The molecule has 0 unspecified atom stereocenters. The van der Waals surface area contributed by atoms with Crippen LogP contribution in [0.2, 0.25) is 5.02 Å². The Hall–Kier alpha value is -1.61. The van der Waals surface area contributed by atoms with Crippen molar-refractivity contribution in [3.05, 3.63) is 41.8 Å². The lowest BCUT2D eigenvalue weighted by atomic mass is 10.1. The summed E-state index contributed by atoms with van der Waals surface area (Å²) >= 11 is 6.15. The smallest absolute Gasteiger partial charge is 0.138 e. The molecule has 1 aromatic heterocycles. The van der Waals surface area contributed by atoms with E-state index in [1.807, 2.05) is 38.1 Å². The highest BCUT2D eigenvalue weighted by Crippen LogP contribution is 2.29. The summed E-state index contributed by atoms with van der Waals surface area (Å²) in [6.07, 6.45) is 3.33. The van der Waals surface area contributed by atoms with Crippen LogP contribution in [0, 0.1) is 0 Å². The molecule has 0 radical (unpaired) electrons. The molecule has 0 spiro atoms. The summed E-state index contributed by atoms with van der Waals surface area (Å²) in [6, 6.07) is 7.49. The van der Waals surface area contributed by atoms with Crippen molar-refractivity contribution in [2.75, 3.05) is 0 Å². The fourth-order valence-corrected chi connectivity index (χ4v) is 1.70. The van der Waals surface area contributed by atoms with Crippen LogP contribution in [-0.4, -0.2) is 16.1 Å². The van der Waals surface area contributed by atoms with Crippen molar-refractivity contribution in [1.29, 1.82) is 0 Å². The van der Waals surface area contributed by atoms with Crippen LogP contribution < -0.4 is 4.74 Å². The Morgan fingerprint density at radius 2 is 2.06 bits per heavy atom. The lowest BCUT2D eigenvalue weighted by molar-refractivity contribution is 0.242. The van der Waals surface area contributed by atoms with Crippen LogP contribution in [0.3, 0.4) is 0 Å². The van der Waals surface area contributed by atoms with Gasteiger partial charge in [-0.1, -0.05) is 11.6 Å². The zero-order chi connectivity index (χ0) is 12.3. The molecule has 0 aliphatic heterocycles. The lowest BCUT2D eigenvalue weighted by Gasteiger charge is -2.12. The largest absolute Gasteiger partial charge is 0.489 e. The zero-order valence-corrected chi connectivity index (χ0v) is 10.5. The standard InChI is InChI=1S/C13H13ClN2O/c1-9(2)17-13-4-3-10(7-11(13)14)12-5-6-15-8-16-12/h3-9H,1-2H3. The van der Waals surface area contributed by atoms with E-state index in [2.05, 4.69) is 9.97 Å². The molecule has 2 aromatic rings. The maximum atomic E-state index is 6.15. The number of aromatic nitrogens is 2. The fraction of sp³-hybridized carbons (Fsp3) is 0.231. The Bertz CT molecular complexity index is 500. The average molecular weight is 249 g/mol. The first kappa shape index (κ1) is 11.9. The molecule has 2 rings (SSSR count). The van der Waals surface area contributed by atoms with Crippen molar-refractivity contribution < 1.29 is 4.74 Å². The Morgan fingerprint density at radius 3 is 2.65 bits per heavy atom. The van der Waals surface area contributed by atoms with Gasteiger partial charge in [-0.2, -0.15) is 0 Å². The number of ether oxygens (including phenoxy) is 1. The number of rotatable bonds is 3. The first-order valence-electron chi connectivity index (χ1n) is 5.39. The highest BCUT2D eigenvalue weighted by atomic mass is 35.5. The molecule has 0 N–H and O–H groups in total. The highest BCUT2D eigenvalue weighted by Gasteiger charge is 2.06. The SMILES string of the molecule is CC(C)Oc1ccc(-c2ccncn2)cc1Cl. The maximum absolute atomic E-state index is 6.15. The second-order valence-corrected chi connectivity index (χ2v) is 4.31. The molecular formula is C13H13ClN2O. The number of hydrogen-bond acceptors (Lipinski definition) is 3. The number of halogens is 1. The molecule has 0 amide bonds. The number of benzene rings is 1. The topological polar surface area (TPSA) is 35.0 Å². The molecule has 3 nitrogen and oxygen atoms in total. The maximum Gasteiger partial charge on any atom is 0.138 e. The minimum Gasteiger partial charge on any atom is -0.489 e. The Balaban J connectivity index is 2.31. The van der Waals surface area contributed by atoms with Gasteiger partial charge in [0, 0.05) is 11.8 Å². The van der Waals surface area contributed by atoms with E-state index in [0.717, 1.165) is 11.3 Å². The fourth-order valence-electron chi connectivity index (χ4n) is 1.47. The second-order valence-electron chi connectivity index (χ2n) is 3.91. The third-order valence-electron chi connectivity index (χ3n) is 2.17. The van der Waals surface area contributed by atoms with E-state index in [1.54, 1.807) is 6.20 Å². The Labute approximate surface area is 105 Å². The van der Waals surface area contributed by atoms with Gasteiger partial charge in [0.15, 0.2) is 0 Å². The summed E-state index contributed by atoms with van der Waals surface area (Å²) in [4.78, 5) is 8.05. The van der Waals surface area contributed by atoms with Crippen molar-refractivity contribution in [1.82, 2.24) is 9.97 Å². The van der Waals surface area contributed by atoms with Gasteiger partial charge >= 0.3 is 0 Å². The van der Waals surface area contributed by atoms with Crippen LogP contribution in [0.25, 0.3) is 11.3 Å². The van der Waals surface area contributed by atoms with Crippen molar-refractivity contribution >= 4 is 11.6 Å². The normalized spacial score (nSPS) is 10.6. The minimum atomic E-state index is 0.109. The molecule has 17 heavy (non-hydrogen) atoms. The van der Waals surface area contributed by atoms with Crippen molar-refractivity contribution in [2.45, 2.75) is 20.0 Å². The van der Waals surface area contributed by atoms with E-state index in [1.165, 1.54) is 6.33 Å². The Morgan fingerprint density at radius 1 is 1.24 bits per heavy atom. The summed E-state index contributed by atoms with van der Waals surface area (Å²) in [5.74, 6) is 0.694. The predicted octanol–water partition coefficient (Wildman–Crippen LogP) is 3.58. The molecular weight excluding hydrogens is 236 g/mol. The number of hydrogen-bond donors (Lipinski definition) is 0. The summed E-state index contributed by atoms with van der Waals surface area (Å²) < 4.78 is 5.57. The molecule has 0 aliphatic carbocycles. The zero-order valence-electron chi connectivity index (χ0n) is 9.72. The van der Waals surface area contributed by atoms with Crippen LogP contribution >= 0.6 is 11.6 Å². The van der Waals surface area contributed by atoms with E-state index in [9.17, 15) is 0 Å². The van der Waals surface area contributed by atoms with E-state index < -0.39 is 0 Å². The molecule has 1 aromatic carbocycles. The third-order valence-corrected chi connectivity index (χ3v) is 2.47. The molecule has 0 atom stereocenters. The molecule has 0 bridgehead atoms. The van der Waals surface area contributed by atoms with Gasteiger partial charge in [0.1, 0.15) is 12.1 Å². The summed E-state index contributed by atoms with van der Waals surface area (Å²) in [5, 5.41) is 0.592. The molecule has 0 saturated carbocycles. The van der Waals surface area contributed by atoms with Gasteiger partial charge in [-0.15, -0.1) is 0 Å². The van der Waals surface area contributed by atoms with Crippen molar-refractivity contribution in [3.63, 3.8) is 0 Å². The van der Waals surface area contributed by atoms with Gasteiger partial charge in [0.05, 0.1) is 16.8 Å². The molecule has 0 aliphatic rings. The van der Waals surface area contributed by atoms with E-state index in [0.29, 0.717) is 10.8 Å². The third kappa shape index (κ3) is 2.94. The van der Waals surface area contributed by atoms with E-state index in [-0.39, 0.29) is 6.10 Å². The van der Waals surface area contributed by atoms with Gasteiger partial charge in [-0.25, -0.2) is 9.97 Å². The Kier molecular flexibility index (Phi) is 3.59. The van der Waals surface area contributed by atoms with Gasteiger partial charge in [0.2, 0.25) is 0 Å². The van der Waals surface area contributed by atoms with Gasteiger partial charge in [-0.05, 0) is 38.1 Å². The molecule has 0 fully saturated rings. The average Bonchev–Trinajstić information content (AvgIpc) is 2.32. The van der Waals surface area contributed by atoms with Gasteiger partial charge in [-0.3, -0.25) is 0 Å². The molecule has 1 heterocycles. The highest BCUT2D eigenvalue weighted by molar-refractivity contribution is 6.32. The van der Waals surface area contributed by atoms with Crippen molar-refractivity contribution in [3.8, 4) is 17.0 Å². The van der Waals surface area contributed by atoms with Gasteiger partial charge in [0.25, 0.3) is 0 Å². The minimum absolute atomic E-state index is 0.109. The first-order chi connectivity index (χ1) is 8.16. The van der Waals surface area contributed by atoms with Crippen molar-refractivity contribution in [2.24, 2.45) is 0 Å². The summed E-state index contributed by atoms with van der Waals surface area (Å²) in [6.45, 7) is 3.93. The molecule has 4 heteroatoms. The van der Waals surface area contributed by atoms with Crippen LogP contribution in [0.1, 0.15) is 13.8 Å². The van der Waals surface area contributed by atoms with Crippen LogP contribution in [0.5, 0.6) is 5.75 Å². The first-order valence-corrected chi connectivity index (χ1v) is 5.77. The molecule has 0 saturated heterocycles. The van der Waals surface area contributed by atoms with Crippen LogP contribution in [0.4, 0.5) is 0 Å². The van der Waals surface area contributed by atoms with Gasteiger partial charge < -0.3 is 4.74 Å². The van der Waals surface area contributed by atoms with E-state index >= 15 is 0 Å². The quantitative estimate of drug-likeness (QED) is 0.833. The lowest BCUT2D eigenvalue weighted by Crippen LogP contribution is -2.05. The number of nitrogens with zero attached hydrogens (tertiary/aromatic N) is 2. The predicted molar refractivity (Wildman–Crippen MR) is 68.2 cm³/mol.